The summed E-state index contributed by atoms with van der Waals surface area (Å²) in [7, 11) is 0. The fourth-order valence-electron chi connectivity index (χ4n) is 1.88. The molecule has 0 aromatic heterocycles. The predicted octanol–water partition coefficient (Wildman–Crippen LogP) is 2.42. The van der Waals surface area contributed by atoms with E-state index in [0.717, 1.165) is 12.8 Å². The van der Waals surface area contributed by atoms with Gasteiger partial charge in [0.15, 0.2) is 0 Å². The zero-order valence-electron chi connectivity index (χ0n) is 9.70. The molecule has 90 valence electrons. The number of unbranched alkanes of at least 4 members (excludes halogenated alkanes) is 1. The highest BCUT2D eigenvalue weighted by molar-refractivity contribution is 5.23. The van der Waals surface area contributed by atoms with E-state index in [1.165, 1.54) is 6.07 Å². The van der Waals surface area contributed by atoms with Crippen LogP contribution in [0.3, 0.4) is 0 Å². The van der Waals surface area contributed by atoms with Crippen LogP contribution in [0.1, 0.15) is 37.7 Å². The molecule has 2 nitrogen and oxygen atoms in total. The Hall–Kier alpha value is -0.930. The molecule has 0 radical (unpaired) electrons. The molecule has 2 unspecified atom stereocenters. The van der Waals surface area contributed by atoms with Crippen LogP contribution in [0.2, 0.25) is 0 Å². The predicted molar refractivity (Wildman–Crippen MR) is 63.7 cm³/mol. The fourth-order valence-corrected chi connectivity index (χ4v) is 1.88. The molecule has 3 N–H and O–H groups in total. The summed E-state index contributed by atoms with van der Waals surface area (Å²) in [5.41, 5.74) is 6.14. The van der Waals surface area contributed by atoms with Crippen LogP contribution in [0.15, 0.2) is 24.3 Å². The zero-order valence-corrected chi connectivity index (χ0v) is 9.70. The number of nitrogens with two attached hydrogens (primary N) is 1. The lowest BCUT2D eigenvalue weighted by atomic mass is 9.90. The highest BCUT2D eigenvalue weighted by Crippen LogP contribution is 2.24. The molecular formula is C13H20FNO. The van der Waals surface area contributed by atoms with Crippen molar-refractivity contribution in [3.05, 3.63) is 35.6 Å². The minimum absolute atomic E-state index is 0.270. The summed E-state index contributed by atoms with van der Waals surface area (Å²) in [5, 5.41) is 9.97. The first-order valence-electron chi connectivity index (χ1n) is 5.83. The maximum Gasteiger partial charge on any atom is 0.126 e. The average molecular weight is 225 g/mol. The van der Waals surface area contributed by atoms with Gasteiger partial charge in [0, 0.05) is 12.5 Å². The Kier molecular flexibility index (Phi) is 5.43. The Balaban J connectivity index is 2.77. The van der Waals surface area contributed by atoms with Crippen LogP contribution in [0.25, 0.3) is 0 Å². The minimum Gasteiger partial charge on any atom is -0.392 e. The van der Waals surface area contributed by atoms with E-state index in [4.69, 9.17) is 5.73 Å². The van der Waals surface area contributed by atoms with Crippen LogP contribution in [0, 0.1) is 5.82 Å². The molecule has 0 saturated heterocycles. The summed E-state index contributed by atoms with van der Waals surface area (Å²) in [4.78, 5) is 0. The van der Waals surface area contributed by atoms with Crippen LogP contribution >= 0.6 is 0 Å². The molecule has 0 amide bonds. The largest absolute Gasteiger partial charge is 0.392 e. The Morgan fingerprint density at radius 2 is 2.06 bits per heavy atom. The molecule has 1 aromatic rings. The minimum atomic E-state index is -0.554. The maximum absolute atomic E-state index is 13.5. The summed E-state index contributed by atoms with van der Waals surface area (Å²) in [6, 6.07) is 6.52. The van der Waals surface area contributed by atoms with Crippen LogP contribution < -0.4 is 5.73 Å². The molecule has 2 atom stereocenters. The van der Waals surface area contributed by atoms with E-state index in [-0.39, 0.29) is 18.3 Å². The van der Waals surface area contributed by atoms with Crippen molar-refractivity contribution in [3.63, 3.8) is 0 Å². The van der Waals surface area contributed by atoms with Crippen molar-refractivity contribution < 1.29 is 9.50 Å². The summed E-state index contributed by atoms with van der Waals surface area (Å²) in [6.45, 7) is 2.33. The van der Waals surface area contributed by atoms with E-state index in [9.17, 15) is 9.50 Å². The van der Waals surface area contributed by atoms with Crippen molar-refractivity contribution in [1.29, 1.82) is 0 Å². The van der Waals surface area contributed by atoms with Crippen LogP contribution in [0.4, 0.5) is 4.39 Å². The first-order chi connectivity index (χ1) is 7.70. The van der Waals surface area contributed by atoms with E-state index in [2.05, 4.69) is 6.92 Å². The molecule has 1 rings (SSSR count). The molecule has 1 aromatic carbocycles. The van der Waals surface area contributed by atoms with Crippen molar-refractivity contribution in [3.8, 4) is 0 Å². The SMILES string of the molecule is CCCCC(O)C(CN)c1ccccc1F. The molecule has 3 heteroatoms. The number of halogens is 1. The van der Waals surface area contributed by atoms with E-state index < -0.39 is 6.10 Å². The molecular weight excluding hydrogens is 205 g/mol. The van der Waals surface area contributed by atoms with E-state index >= 15 is 0 Å². The molecule has 0 fully saturated rings. The Morgan fingerprint density at radius 1 is 1.38 bits per heavy atom. The molecule has 0 heterocycles. The van der Waals surface area contributed by atoms with E-state index in [0.29, 0.717) is 12.0 Å². The van der Waals surface area contributed by atoms with Gasteiger partial charge >= 0.3 is 0 Å². The molecule has 0 aliphatic carbocycles. The van der Waals surface area contributed by atoms with E-state index in [1.54, 1.807) is 18.2 Å². The van der Waals surface area contributed by atoms with Gasteiger partial charge in [0.05, 0.1) is 6.10 Å². The lowest BCUT2D eigenvalue weighted by molar-refractivity contribution is 0.131. The first-order valence-corrected chi connectivity index (χ1v) is 5.83. The van der Waals surface area contributed by atoms with Crippen LogP contribution in [-0.4, -0.2) is 17.8 Å². The quantitative estimate of drug-likeness (QED) is 0.781. The first kappa shape index (κ1) is 13.1. The van der Waals surface area contributed by atoms with Crippen molar-refractivity contribution in [1.82, 2.24) is 0 Å². The third-order valence-electron chi connectivity index (χ3n) is 2.88. The average Bonchev–Trinajstić information content (AvgIpc) is 2.30. The molecule has 16 heavy (non-hydrogen) atoms. The van der Waals surface area contributed by atoms with Crippen LogP contribution in [-0.2, 0) is 0 Å². The summed E-state index contributed by atoms with van der Waals surface area (Å²) in [5.74, 6) is -0.582. The number of hydrogen-bond acceptors (Lipinski definition) is 2. The van der Waals surface area contributed by atoms with Gasteiger partial charge in [-0.2, -0.15) is 0 Å². The second-order valence-corrected chi connectivity index (χ2v) is 4.07. The smallest absolute Gasteiger partial charge is 0.126 e. The number of benzene rings is 1. The summed E-state index contributed by atoms with van der Waals surface area (Å²) in [6.07, 6.45) is 2.08. The number of hydrogen-bond donors (Lipinski definition) is 2. The van der Waals surface area contributed by atoms with Gasteiger partial charge in [-0.05, 0) is 18.1 Å². The number of aliphatic hydroxyl groups excluding tert-OH is 1. The normalized spacial score (nSPS) is 14.8. The summed E-state index contributed by atoms with van der Waals surface area (Å²) < 4.78 is 13.5. The number of aliphatic hydroxyl groups is 1. The third-order valence-corrected chi connectivity index (χ3v) is 2.88. The zero-order chi connectivity index (χ0) is 12.0. The third kappa shape index (κ3) is 3.29. The van der Waals surface area contributed by atoms with Gasteiger partial charge in [-0.1, -0.05) is 38.0 Å². The van der Waals surface area contributed by atoms with Gasteiger partial charge in [0.2, 0.25) is 0 Å². The van der Waals surface area contributed by atoms with Gasteiger partial charge in [-0.3, -0.25) is 0 Å². The van der Waals surface area contributed by atoms with Crippen molar-refractivity contribution in [2.75, 3.05) is 6.54 Å². The second kappa shape index (κ2) is 6.61. The highest BCUT2D eigenvalue weighted by atomic mass is 19.1. The Morgan fingerprint density at radius 3 is 2.62 bits per heavy atom. The van der Waals surface area contributed by atoms with Crippen LogP contribution in [0.5, 0.6) is 0 Å². The van der Waals surface area contributed by atoms with Gasteiger partial charge in [-0.15, -0.1) is 0 Å². The molecule has 0 spiro atoms. The molecule has 0 bridgehead atoms. The van der Waals surface area contributed by atoms with Gasteiger partial charge < -0.3 is 10.8 Å². The lowest BCUT2D eigenvalue weighted by Crippen LogP contribution is -2.26. The van der Waals surface area contributed by atoms with Crippen molar-refractivity contribution in [2.45, 2.75) is 38.2 Å². The topological polar surface area (TPSA) is 46.2 Å². The van der Waals surface area contributed by atoms with Crippen molar-refractivity contribution in [2.24, 2.45) is 5.73 Å². The fraction of sp³-hybridized carbons (Fsp3) is 0.538. The second-order valence-electron chi connectivity index (χ2n) is 4.07. The summed E-state index contributed by atoms with van der Waals surface area (Å²) >= 11 is 0. The standard InChI is InChI=1S/C13H20FNO/c1-2-3-8-13(16)11(9-15)10-6-4-5-7-12(10)14/h4-7,11,13,16H,2-3,8-9,15H2,1H3. The number of rotatable bonds is 6. The molecule has 0 saturated carbocycles. The highest BCUT2D eigenvalue weighted by Gasteiger charge is 2.21. The van der Waals surface area contributed by atoms with Gasteiger partial charge in [0.25, 0.3) is 0 Å². The van der Waals surface area contributed by atoms with Crippen molar-refractivity contribution >= 4 is 0 Å². The monoisotopic (exact) mass is 225 g/mol. The lowest BCUT2D eigenvalue weighted by Gasteiger charge is -2.22. The molecule has 0 aliphatic heterocycles. The Bertz CT molecular complexity index is 317. The van der Waals surface area contributed by atoms with Gasteiger partial charge in [-0.25, -0.2) is 4.39 Å². The Labute approximate surface area is 96.3 Å². The van der Waals surface area contributed by atoms with E-state index in [1.807, 2.05) is 0 Å². The van der Waals surface area contributed by atoms with Gasteiger partial charge in [0.1, 0.15) is 5.82 Å². The molecule has 0 aliphatic rings. The maximum atomic E-state index is 13.5.